The van der Waals surface area contributed by atoms with Crippen molar-refractivity contribution >= 4 is 41.2 Å². The minimum atomic E-state index is -1.01. The third-order valence-corrected chi connectivity index (χ3v) is 5.82. The molecular formula is C23H28N6O7. The molecule has 1 aliphatic rings. The van der Waals surface area contributed by atoms with E-state index in [2.05, 4.69) is 25.3 Å². The molecule has 2 atom stereocenters. The van der Waals surface area contributed by atoms with Crippen molar-refractivity contribution in [2.45, 2.75) is 25.3 Å². The van der Waals surface area contributed by atoms with E-state index in [1.165, 1.54) is 14.2 Å². The average Bonchev–Trinajstić information content (AvgIpc) is 2.86. The number of esters is 2. The van der Waals surface area contributed by atoms with Crippen LogP contribution in [-0.2, 0) is 30.3 Å². The van der Waals surface area contributed by atoms with Gasteiger partial charge in [-0.05, 0) is 37.1 Å². The lowest BCUT2D eigenvalue weighted by molar-refractivity contribution is -0.144. The van der Waals surface area contributed by atoms with Crippen LogP contribution in [0.25, 0.3) is 0 Å². The van der Waals surface area contributed by atoms with Crippen molar-refractivity contribution in [2.24, 2.45) is 5.92 Å². The minimum absolute atomic E-state index is 0.0312. The summed E-state index contributed by atoms with van der Waals surface area (Å²) in [6.07, 6.45) is 0.174. The molecule has 0 saturated carbocycles. The quantitative estimate of drug-likeness (QED) is 0.337. The van der Waals surface area contributed by atoms with E-state index in [4.69, 9.17) is 10.5 Å². The first-order chi connectivity index (χ1) is 17.1. The maximum Gasteiger partial charge on any atom is 0.328 e. The Morgan fingerprint density at radius 1 is 1.19 bits per heavy atom. The Bertz CT molecular complexity index is 1210. The molecule has 2 heterocycles. The molecule has 13 heteroatoms. The van der Waals surface area contributed by atoms with Gasteiger partial charge in [0.05, 0.1) is 25.7 Å². The minimum Gasteiger partial charge on any atom is -0.469 e. The molecule has 1 aliphatic heterocycles. The average molecular weight is 501 g/mol. The molecular weight excluding hydrogens is 472 g/mol. The van der Waals surface area contributed by atoms with Crippen LogP contribution in [0, 0.1) is 5.92 Å². The maximum absolute atomic E-state index is 12.7. The number of aromatic amines is 1. The monoisotopic (exact) mass is 500 g/mol. The number of anilines is 3. The third kappa shape index (κ3) is 6.17. The number of nitrogens with two attached hydrogens (primary N) is 1. The maximum atomic E-state index is 12.7. The molecule has 0 saturated heterocycles. The second kappa shape index (κ2) is 11.3. The first kappa shape index (κ1) is 26.2. The number of carbonyl (C=O) groups is 4. The molecule has 192 valence electrons. The van der Waals surface area contributed by atoms with Gasteiger partial charge in [0.25, 0.3) is 11.5 Å². The second-order valence-electron chi connectivity index (χ2n) is 8.26. The van der Waals surface area contributed by atoms with Crippen LogP contribution in [0.4, 0.5) is 17.5 Å². The van der Waals surface area contributed by atoms with Crippen molar-refractivity contribution < 1.29 is 28.7 Å². The summed E-state index contributed by atoms with van der Waals surface area (Å²) in [4.78, 5) is 69.0. The number of amides is 2. The van der Waals surface area contributed by atoms with Crippen LogP contribution in [0.3, 0.4) is 0 Å². The van der Waals surface area contributed by atoms with Crippen LogP contribution in [0.5, 0.6) is 0 Å². The lowest BCUT2D eigenvalue weighted by Gasteiger charge is -2.28. The van der Waals surface area contributed by atoms with Gasteiger partial charge in [0.15, 0.2) is 0 Å². The summed E-state index contributed by atoms with van der Waals surface area (Å²) in [6, 6.07) is 5.53. The fraction of sp³-hybridized carbons (Fsp3) is 0.391. The fourth-order valence-corrected chi connectivity index (χ4v) is 3.81. The highest BCUT2D eigenvalue weighted by molar-refractivity contribution is 5.97. The lowest BCUT2D eigenvalue weighted by atomic mass is 9.95. The van der Waals surface area contributed by atoms with Gasteiger partial charge in [-0.25, -0.2) is 4.79 Å². The van der Waals surface area contributed by atoms with Gasteiger partial charge in [0.2, 0.25) is 11.9 Å². The van der Waals surface area contributed by atoms with Gasteiger partial charge in [-0.1, -0.05) is 0 Å². The number of fused-ring (bicyclic) bond motifs is 1. The first-order valence-corrected chi connectivity index (χ1v) is 11.1. The second-order valence-corrected chi connectivity index (χ2v) is 8.26. The Kier molecular flexibility index (Phi) is 8.25. The molecule has 1 aromatic carbocycles. The molecule has 0 fully saturated rings. The third-order valence-electron chi connectivity index (χ3n) is 5.82. The SMILES string of the molecule is COC(=O)CC[C@H](NC(=O)c1ccc(N(C)CC2Cc3c(nc(N)[nH]c3=O)NC2=O)cc1)C(=O)OC. The van der Waals surface area contributed by atoms with E-state index in [1.807, 2.05) is 4.90 Å². The van der Waals surface area contributed by atoms with Crippen molar-refractivity contribution in [2.75, 3.05) is 43.8 Å². The van der Waals surface area contributed by atoms with E-state index >= 15 is 0 Å². The zero-order valence-corrected chi connectivity index (χ0v) is 20.1. The van der Waals surface area contributed by atoms with Crippen molar-refractivity contribution in [3.8, 4) is 0 Å². The van der Waals surface area contributed by atoms with Crippen molar-refractivity contribution in [1.29, 1.82) is 0 Å². The molecule has 0 radical (unpaired) electrons. The van der Waals surface area contributed by atoms with Gasteiger partial charge < -0.3 is 30.7 Å². The number of ether oxygens (including phenoxy) is 2. The molecule has 0 bridgehead atoms. The number of H-pyrrole nitrogens is 1. The molecule has 0 aliphatic carbocycles. The summed E-state index contributed by atoms with van der Waals surface area (Å²) < 4.78 is 9.27. The number of nitrogens with zero attached hydrogens (tertiary/aromatic N) is 2. The van der Waals surface area contributed by atoms with Gasteiger partial charge in [0, 0.05) is 31.3 Å². The standard InChI is InChI=1S/C23H28N6O7/c1-29(11-13-10-15-18(26-20(13)32)27-23(24)28-21(15)33)14-6-4-12(5-7-14)19(31)25-16(22(34)36-3)8-9-17(30)35-2/h4-7,13,16H,8-11H2,1-3H3,(H,25,31)(H4,24,26,27,28,32,33)/t13?,16-/m0/s1. The molecule has 2 amide bonds. The summed E-state index contributed by atoms with van der Waals surface area (Å²) in [6.45, 7) is 0.304. The molecule has 36 heavy (non-hydrogen) atoms. The van der Waals surface area contributed by atoms with Crippen LogP contribution in [0.1, 0.15) is 28.8 Å². The summed E-state index contributed by atoms with van der Waals surface area (Å²) in [5, 5.41) is 5.20. The highest BCUT2D eigenvalue weighted by atomic mass is 16.5. The zero-order chi connectivity index (χ0) is 26.4. The van der Waals surface area contributed by atoms with Crippen molar-refractivity contribution in [3.63, 3.8) is 0 Å². The van der Waals surface area contributed by atoms with E-state index in [0.29, 0.717) is 17.7 Å². The molecule has 13 nitrogen and oxygen atoms in total. The molecule has 1 unspecified atom stereocenters. The molecule has 0 spiro atoms. The van der Waals surface area contributed by atoms with Crippen molar-refractivity contribution in [1.82, 2.24) is 15.3 Å². The van der Waals surface area contributed by atoms with Gasteiger partial charge >= 0.3 is 11.9 Å². The first-order valence-electron chi connectivity index (χ1n) is 11.1. The summed E-state index contributed by atoms with van der Waals surface area (Å²) in [5.41, 5.74) is 6.53. The van der Waals surface area contributed by atoms with Crippen LogP contribution >= 0.6 is 0 Å². The van der Waals surface area contributed by atoms with Gasteiger partial charge in [0.1, 0.15) is 11.9 Å². The highest BCUT2D eigenvalue weighted by Gasteiger charge is 2.30. The Morgan fingerprint density at radius 2 is 1.89 bits per heavy atom. The number of aromatic nitrogens is 2. The zero-order valence-electron chi connectivity index (χ0n) is 20.1. The highest BCUT2D eigenvalue weighted by Crippen LogP contribution is 2.23. The van der Waals surface area contributed by atoms with E-state index in [-0.39, 0.29) is 36.9 Å². The van der Waals surface area contributed by atoms with E-state index in [0.717, 1.165) is 5.69 Å². The number of benzene rings is 1. The Labute approximate surface area is 206 Å². The summed E-state index contributed by atoms with van der Waals surface area (Å²) >= 11 is 0. The largest absolute Gasteiger partial charge is 0.469 e. The normalized spacial score (nSPS) is 15.2. The van der Waals surface area contributed by atoms with Gasteiger partial charge in [-0.2, -0.15) is 4.98 Å². The number of methoxy groups -OCH3 is 2. The molecule has 3 rings (SSSR count). The van der Waals surface area contributed by atoms with E-state index in [9.17, 15) is 24.0 Å². The Balaban J connectivity index is 1.64. The van der Waals surface area contributed by atoms with Crippen LogP contribution < -0.4 is 26.8 Å². The number of rotatable bonds is 9. The van der Waals surface area contributed by atoms with Crippen LogP contribution in [0.2, 0.25) is 0 Å². The van der Waals surface area contributed by atoms with Crippen LogP contribution in [0.15, 0.2) is 29.1 Å². The molecule has 2 aromatic rings. The number of carbonyl (C=O) groups excluding carboxylic acids is 4. The predicted octanol–water partition coefficient (Wildman–Crippen LogP) is -0.176. The Hall–Kier alpha value is -4.42. The predicted molar refractivity (Wildman–Crippen MR) is 129 cm³/mol. The van der Waals surface area contributed by atoms with Gasteiger partial charge in [-0.15, -0.1) is 0 Å². The molecule has 1 aromatic heterocycles. The topological polar surface area (TPSA) is 186 Å². The van der Waals surface area contributed by atoms with Crippen molar-refractivity contribution in [3.05, 3.63) is 45.7 Å². The lowest BCUT2D eigenvalue weighted by Crippen LogP contribution is -2.42. The smallest absolute Gasteiger partial charge is 0.328 e. The van der Waals surface area contributed by atoms with E-state index in [1.54, 1.807) is 31.3 Å². The summed E-state index contributed by atoms with van der Waals surface area (Å²) in [5.74, 6) is -2.37. The number of nitrogens with one attached hydrogen (secondary N) is 3. The number of hydrogen-bond acceptors (Lipinski definition) is 10. The Morgan fingerprint density at radius 3 is 2.53 bits per heavy atom. The van der Waals surface area contributed by atoms with Crippen LogP contribution in [-0.4, -0.2) is 67.6 Å². The molecule has 5 N–H and O–H groups in total. The summed E-state index contributed by atoms with van der Waals surface area (Å²) in [7, 11) is 4.21. The van der Waals surface area contributed by atoms with Gasteiger partial charge in [-0.3, -0.25) is 24.2 Å². The van der Waals surface area contributed by atoms with E-state index < -0.39 is 35.4 Å². The number of nitrogen functional groups attached to an aromatic ring is 1. The fourth-order valence-electron chi connectivity index (χ4n) is 3.81. The number of hydrogen-bond donors (Lipinski definition) is 4.